The number of rotatable bonds is 7. The molecule has 2 aromatic rings. The van der Waals surface area contributed by atoms with Crippen molar-refractivity contribution in [2.75, 3.05) is 24.6 Å². The Kier molecular flexibility index (Phi) is 4.83. The maximum absolute atomic E-state index is 12.6. The SMILES string of the molecule is O=c1c(N2CC[C@@H](OCCCc3ccccc3)C2)nccn1C1CC1. The van der Waals surface area contributed by atoms with Crippen LogP contribution in [0.1, 0.15) is 37.3 Å². The van der Waals surface area contributed by atoms with Crippen LogP contribution in [0.3, 0.4) is 0 Å². The molecule has 1 aromatic carbocycles. The van der Waals surface area contributed by atoms with E-state index < -0.39 is 0 Å². The summed E-state index contributed by atoms with van der Waals surface area (Å²) in [4.78, 5) is 19.0. The van der Waals surface area contributed by atoms with Crippen LogP contribution in [0.25, 0.3) is 0 Å². The van der Waals surface area contributed by atoms with Gasteiger partial charge in [-0.15, -0.1) is 0 Å². The van der Waals surface area contributed by atoms with Crippen molar-refractivity contribution >= 4 is 5.82 Å². The third kappa shape index (κ3) is 3.93. The molecule has 2 aliphatic rings. The maximum atomic E-state index is 12.6. The average Bonchev–Trinajstić information content (AvgIpc) is 3.38. The van der Waals surface area contributed by atoms with Gasteiger partial charge in [0.2, 0.25) is 0 Å². The Morgan fingerprint density at radius 3 is 2.80 bits per heavy atom. The molecule has 1 saturated carbocycles. The maximum Gasteiger partial charge on any atom is 0.293 e. The van der Waals surface area contributed by atoms with E-state index in [1.54, 1.807) is 6.20 Å². The van der Waals surface area contributed by atoms with Crippen LogP contribution >= 0.6 is 0 Å². The van der Waals surface area contributed by atoms with Crippen molar-refractivity contribution in [3.63, 3.8) is 0 Å². The van der Waals surface area contributed by atoms with E-state index in [0.717, 1.165) is 51.8 Å². The first-order valence-electron chi connectivity index (χ1n) is 9.29. The summed E-state index contributed by atoms with van der Waals surface area (Å²) in [5.41, 5.74) is 1.41. The minimum absolute atomic E-state index is 0.0507. The van der Waals surface area contributed by atoms with E-state index in [1.165, 1.54) is 5.56 Å². The highest BCUT2D eigenvalue weighted by Gasteiger charge is 2.29. The average molecular weight is 339 g/mol. The summed E-state index contributed by atoms with van der Waals surface area (Å²) < 4.78 is 7.87. The molecule has 2 fully saturated rings. The van der Waals surface area contributed by atoms with Crippen molar-refractivity contribution in [1.82, 2.24) is 9.55 Å². The molecule has 0 bridgehead atoms. The predicted molar refractivity (Wildman–Crippen MR) is 98.1 cm³/mol. The normalized spacial score (nSPS) is 20.2. The Labute approximate surface area is 148 Å². The fourth-order valence-electron chi connectivity index (χ4n) is 3.50. The van der Waals surface area contributed by atoms with E-state index >= 15 is 0 Å². The van der Waals surface area contributed by atoms with E-state index in [2.05, 4.69) is 34.1 Å². The van der Waals surface area contributed by atoms with Gasteiger partial charge in [0.15, 0.2) is 5.82 Å². The van der Waals surface area contributed by atoms with Crippen LogP contribution in [-0.2, 0) is 11.2 Å². The monoisotopic (exact) mass is 339 g/mol. The van der Waals surface area contributed by atoms with Gasteiger partial charge in [-0.3, -0.25) is 4.79 Å². The molecule has 0 radical (unpaired) electrons. The van der Waals surface area contributed by atoms with Crippen molar-refractivity contribution in [3.8, 4) is 0 Å². The van der Waals surface area contributed by atoms with Gasteiger partial charge >= 0.3 is 0 Å². The largest absolute Gasteiger partial charge is 0.376 e. The van der Waals surface area contributed by atoms with Gasteiger partial charge < -0.3 is 14.2 Å². The molecule has 25 heavy (non-hydrogen) atoms. The second-order valence-corrected chi connectivity index (χ2v) is 7.01. The summed E-state index contributed by atoms with van der Waals surface area (Å²) in [5, 5.41) is 0. The number of anilines is 1. The highest BCUT2D eigenvalue weighted by Crippen LogP contribution is 2.33. The molecule has 1 saturated heterocycles. The lowest BCUT2D eigenvalue weighted by Gasteiger charge is -2.18. The first-order chi connectivity index (χ1) is 12.3. The third-order valence-corrected chi connectivity index (χ3v) is 5.04. The van der Waals surface area contributed by atoms with Gasteiger partial charge in [0.05, 0.1) is 6.10 Å². The summed E-state index contributed by atoms with van der Waals surface area (Å²) in [6.45, 7) is 2.38. The highest BCUT2D eigenvalue weighted by molar-refractivity contribution is 5.37. The number of hydrogen-bond donors (Lipinski definition) is 0. The van der Waals surface area contributed by atoms with Gasteiger partial charge in [-0.1, -0.05) is 30.3 Å². The number of nitrogens with zero attached hydrogens (tertiary/aromatic N) is 3. The Morgan fingerprint density at radius 1 is 1.16 bits per heavy atom. The summed E-state index contributed by atoms with van der Waals surface area (Å²) in [6.07, 6.45) is 9.02. The van der Waals surface area contributed by atoms with Crippen molar-refractivity contribution < 1.29 is 4.74 Å². The first-order valence-corrected chi connectivity index (χ1v) is 9.29. The molecule has 1 atom stereocenters. The number of aromatic nitrogens is 2. The lowest BCUT2D eigenvalue weighted by atomic mass is 10.1. The van der Waals surface area contributed by atoms with E-state index in [1.807, 2.05) is 16.8 Å². The first kappa shape index (κ1) is 16.3. The van der Waals surface area contributed by atoms with Crippen LogP contribution in [0.4, 0.5) is 5.82 Å². The minimum Gasteiger partial charge on any atom is -0.376 e. The quantitative estimate of drug-likeness (QED) is 0.728. The van der Waals surface area contributed by atoms with E-state index in [-0.39, 0.29) is 11.7 Å². The number of ether oxygens (including phenoxy) is 1. The number of benzene rings is 1. The molecule has 0 unspecified atom stereocenters. The summed E-state index contributed by atoms with van der Waals surface area (Å²) in [7, 11) is 0. The van der Waals surface area contributed by atoms with Gasteiger partial charge in [0, 0.05) is 38.1 Å². The molecule has 2 heterocycles. The number of aryl methyl sites for hydroxylation is 1. The third-order valence-electron chi connectivity index (χ3n) is 5.04. The van der Waals surface area contributed by atoms with Crippen LogP contribution in [0.2, 0.25) is 0 Å². The van der Waals surface area contributed by atoms with Gasteiger partial charge in [0.25, 0.3) is 5.56 Å². The van der Waals surface area contributed by atoms with Crippen LogP contribution in [0, 0.1) is 0 Å². The van der Waals surface area contributed by atoms with Crippen molar-refractivity contribution in [2.45, 2.75) is 44.2 Å². The second-order valence-electron chi connectivity index (χ2n) is 7.01. The predicted octanol–water partition coefficient (Wildman–Crippen LogP) is 2.81. The Bertz CT molecular complexity index is 755. The minimum atomic E-state index is 0.0507. The van der Waals surface area contributed by atoms with E-state index in [4.69, 9.17) is 4.74 Å². The fourth-order valence-corrected chi connectivity index (χ4v) is 3.50. The Balaban J connectivity index is 1.27. The van der Waals surface area contributed by atoms with Gasteiger partial charge in [0.1, 0.15) is 0 Å². The molecule has 0 N–H and O–H groups in total. The molecule has 132 valence electrons. The van der Waals surface area contributed by atoms with Crippen molar-refractivity contribution in [1.29, 1.82) is 0 Å². The topological polar surface area (TPSA) is 47.4 Å². The van der Waals surface area contributed by atoms with Crippen molar-refractivity contribution in [2.24, 2.45) is 0 Å². The van der Waals surface area contributed by atoms with Crippen LogP contribution in [0.15, 0.2) is 47.5 Å². The summed E-state index contributed by atoms with van der Waals surface area (Å²) in [6, 6.07) is 10.9. The lowest BCUT2D eigenvalue weighted by Crippen LogP contribution is -2.32. The van der Waals surface area contributed by atoms with E-state index in [0.29, 0.717) is 11.9 Å². The Hall–Kier alpha value is -2.14. The smallest absolute Gasteiger partial charge is 0.293 e. The Morgan fingerprint density at radius 2 is 2.00 bits per heavy atom. The standard InChI is InChI=1S/C20H25N3O2/c24-20-19(21-11-13-23(20)17-8-9-17)22-12-10-18(15-22)25-14-4-7-16-5-2-1-3-6-16/h1-3,5-6,11,13,17-18H,4,7-10,12,14-15H2/t18-/m1/s1. The van der Waals surface area contributed by atoms with Crippen LogP contribution in [-0.4, -0.2) is 35.4 Å². The second kappa shape index (κ2) is 7.40. The molecular formula is C20H25N3O2. The highest BCUT2D eigenvalue weighted by atomic mass is 16.5. The zero-order valence-corrected chi connectivity index (χ0v) is 14.5. The molecule has 1 aliphatic carbocycles. The van der Waals surface area contributed by atoms with Gasteiger partial charge in [-0.25, -0.2) is 4.98 Å². The zero-order valence-electron chi connectivity index (χ0n) is 14.5. The molecule has 0 amide bonds. The number of hydrogen-bond acceptors (Lipinski definition) is 4. The van der Waals surface area contributed by atoms with Gasteiger partial charge in [-0.05, 0) is 37.7 Å². The zero-order chi connectivity index (χ0) is 17.1. The summed E-state index contributed by atoms with van der Waals surface area (Å²) in [5.74, 6) is 0.588. The molecule has 1 aromatic heterocycles. The lowest BCUT2D eigenvalue weighted by molar-refractivity contribution is 0.0666. The molecule has 0 spiro atoms. The molecule has 5 heteroatoms. The van der Waals surface area contributed by atoms with Crippen LogP contribution < -0.4 is 10.5 Å². The fraction of sp³-hybridized carbons (Fsp3) is 0.500. The molecular weight excluding hydrogens is 314 g/mol. The van der Waals surface area contributed by atoms with E-state index in [9.17, 15) is 4.79 Å². The van der Waals surface area contributed by atoms with Crippen molar-refractivity contribution in [3.05, 3.63) is 58.6 Å². The van der Waals surface area contributed by atoms with Crippen LogP contribution in [0.5, 0.6) is 0 Å². The van der Waals surface area contributed by atoms with Gasteiger partial charge in [-0.2, -0.15) is 0 Å². The molecule has 4 rings (SSSR count). The summed E-state index contributed by atoms with van der Waals surface area (Å²) >= 11 is 0. The molecule has 1 aliphatic heterocycles. The molecule has 5 nitrogen and oxygen atoms in total.